The molecule has 2 aromatic rings. The number of nitro groups is 1. The molecule has 1 amide bonds. The van der Waals surface area contributed by atoms with Gasteiger partial charge in [0.25, 0.3) is 0 Å². The Kier molecular flexibility index (Phi) is 7.29. The van der Waals surface area contributed by atoms with Crippen molar-refractivity contribution < 1.29 is 28.7 Å². The zero-order valence-corrected chi connectivity index (χ0v) is 17.1. The number of alkyl carbamates (subject to hydrolysis) is 1. The fourth-order valence-electron chi connectivity index (χ4n) is 2.48. The van der Waals surface area contributed by atoms with Gasteiger partial charge in [-0.05, 0) is 48.9 Å². The molecule has 0 aliphatic heterocycles. The summed E-state index contributed by atoms with van der Waals surface area (Å²) in [5.41, 5.74) is -0.707. The predicted octanol–water partition coefficient (Wildman–Crippen LogP) is 3.39. The van der Waals surface area contributed by atoms with Crippen molar-refractivity contribution in [1.29, 1.82) is 0 Å². The third kappa shape index (κ3) is 6.73. The summed E-state index contributed by atoms with van der Waals surface area (Å²) < 4.78 is 15.5. The second kappa shape index (κ2) is 9.68. The number of aromatic nitrogens is 1. The van der Waals surface area contributed by atoms with Crippen LogP contribution in [-0.4, -0.2) is 40.7 Å². The number of para-hydroxylation sites is 1. The van der Waals surface area contributed by atoms with Gasteiger partial charge in [-0.2, -0.15) is 0 Å². The maximum atomic E-state index is 12.2. The van der Waals surface area contributed by atoms with E-state index in [9.17, 15) is 19.7 Å². The van der Waals surface area contributed by atoms with Crippen LogP contribution in [0.15, 0.2) is 42.6 Å². The highest BCUT2D eigenvalue weighted by molar-refractivity contribution is 5.81. The molecule has 1 atom stereocenters. The zero-order valence-electron chi connectivity index (χ0n) is 17.1. The van der Waals surface area contributed by atoms with Crippen LogP contribution in [0, 0.1) is 10.1 Å². The first-order valence-corrected chi connectivity index (χ1v) is 9.02. The van der Waals surface area contributed by atoms with Gasteiger partial charge in [-0.3, -0.25) is 0 Å². The van der Waals surface area contributed by atoms with Crippen LogP contribution < -0.4 is 10.1 Å². The van der Waals surface area contributed by atoms with Gasteiger partial charge in [-0.1, -0.05) is 18.2 Å². The van der Waals surface area contributed by atoms with Crippen LogP contribution in [-0.2, 0) is 20.7 Å². The number of pyridine rings is 1. The average molecular weight is 417 g/mol. The Hall–Kier alpha value is -3.69. The summed E-state index contributed by atoms with van der Waals surface area (Å²) in [5.74, 6) is -0.502. The number of nitrogens with one attached hydrogen (secondary N) is 1. The summed E-state index contributed by atoms with van der Waals surface area (Å²) in [6.45, 7) is 5.00. The van der Waals surface area contributed by atoms with Crippen molar-refractivity contribution in [3.63, 3.8) is 0 Å². The minimum Gasteiger partial charge on any atom is -0.467 e. The van der Waals surface area contributed by atoms with Crippen LogP contribution in [0.4, 0.5) is 10.6 Å². The van der Waals surface area contributed by atoms with Gasteiger partial charge >= 0.3 is 17.9 Å². The van der Waals surface area contributed by atoms with Gasteiger partial charge in [0.05, 0.1) is 12.7 Å². The molecule has 1 aromatic carbocycles. The molecule has 1 aromatic heterocycles. The predicted molar refractivity (Wildman–Crippen MR) is 106 cm³/mol. The van der Waals surface area contributed by atoms with Crippen LogP contribution in [0.1, 0.15) is 26.3 Å². The molecule has 160 valence electrons. The van der Waals surface area contributed by atoms with Gasteiger partial charge in [0, 0.05) is 6.42 Å². The molecule has 30 heavy (non-hydrogen) atoms. The number of hydrogen-bond donors (Lipinski definition) is 1. The Balaban J connectivity index is 2.30. The van der Waals surface area contributed by atoms with Gasteiger partial charge < -0.3 is 29.6 Å². The minimum absolute atomic E-state index is 0.0832. The van der Waals surface area contributed by atoms with Gasteiger partial charge in [-0.15, -0.1) is 0 Å². The Labute approximate surface area is 173 Å². The van der Waals surface area contributed by atoms with Gasteiger partial charge in [0.2, 0.25) is 0 Å². The monoisotopic (exact) mass is 417 g/mol. The standard InChI is InChI=1S/C20H23N3O7/c1-20(2,3)30-19(25)22-16(18(24)28-4)11-13-10-15(12-21-17(13)23(26)27)29-14-8-6-5-7-9-14/h5-10,12,16H,11H2,1-4H3,(H,22,25)/t16-/m0/s1. The summed E-state index contributed by atoms with van der Waals surface area (Å²) in [7, 11) is 1.15. The highest BCUT2D eigenvalue weighted by atomic mass is 16.6. The van der Waals surface area contributed by atoms with Crippen LogP contribution in [0.5, 0.6) is 11.5 Å². The number of esters is 1. The first-order chi connectivity index (χ1) is 14.1. The minimum atomic E-state index is -1.22. The van der Waals surface area contributed by atoms with E-state index in [1.54, 1.807) is 45.0 Å². The molecule has 1 heterocycles. The van der Waals surface area contributed by atoms with E-state index >= 15 is 0 Å². The second-order valence-electron chi connectivity index (χ2n) is 7.25. The zero-order chi connectivity index (χ0) is 22.3. The van der Waals surface area contributed by atoms with E-state index in [4.69, 9.17) is 14.2 Å². The molecule has 0 spiro atoms. The summed E-state index contributed by atoms with van der Waals surface area (Å²) in [5, 5.41) is 13.8. The fourth-order valence-corrected chi connectivity index (χ4v) is 2.48. The van der Waals surface area contributed by atoms with E-state index in [0.29, 0.717) is 5.75 Å². The number of rotatable bonds is 7. The number of methoxy groups -OCH3 is 1. The molecule has 0 aliphatic rings. The lowest BCUT2D eigenvalue weighted by Gasteiger charge is -2.22. The Bertz CT molecular complexity index is 910. The third-order valence-electron chi connectivity index (χ3n) is 3.67. The number of nitrogens with zero attached hydrogens (tertiary/aromatic N) is 2. The highest BCUT2D eigenvalue weighted by Crippen LogP contribution is 2.26. The quantitative estimate of drug-likeness (QED) is 0.412. The van der Waals surface area contributed by atoms with E-state index in [1.165, 1.54) is 12.3 Å². The molecule has 0 fully saturated rings. The fraction of sp³-hybridized carbons (Fsp3) is 0.350. The van der Waals surface area contributed by atoms with E-state index in [1.807, 2.05) is 6.07 Å². The van der Waals surface area contributed by atoms with E-state index < -0.39 is 34.4 Å². The third-order valence-corrected chi connectivity index (χ3v) is 3.67. The summed E-state index contributed by atoms with van der Waals surface area (Å²) in [6, 6.07) is 8.95. The van der Waals surface area contributed by atoms with Crippen molar-refractivity contribution in [3.05, 3.63) is 58.3 Å². The molecular weight excluding hydrogens is 394 g/mol. The topological polar surface area (TPSA) is 130 Å². The van der Waals surface area contributed by atoms with Crippen molar-refractivity contribution in [2.45, 2.75) is 38.8 Å². The summed E-state index contributed by atoms with van der Waals surface area (Å²) >= 11 is 0. The normalized spacial score (nSPS) is 11.9. The average Bonchev–Trinajstić information content (AvgIpc) is 2.66. The van der Waals surface area contributed by atoms with Gasteiger partial charge in [0.1, 0.15) is 17.4 Å². The Morgan fingerprint density at radius 2 is 1.87 bits per heavy atom. The lowest BCUT2D eigenvalue weighted by molar-refractivity contribution is -0.390. The van der Waals surface area contributed by atoms with Crippen LogP contribution in [0.3, 0.4) is 0 Å². The number of amides is 1. The number of carbonyl (C=O) groups is 2. The maximum Gasteiger partial charge on any atom is 0.408 e. The number of benzene rings is 1. The lowest BCUT2D eigenvalue weighted by Crippen LogP contribution is -2.45. The summed E-state index contributed by atoms with van der Waals surface area (Å²) in [4.78, 5) is 38.8. The van der Waals surface area contributed by atoms with Crippen LogP contribution in [0.25, 0.3) is 0 Å². The molecule has 0 aliphatic carbocycles. The molecule has 10 heteroatoms. The first-order valence-electron chi connectivity index (χ1n) is 9.02. The molecule has 10 nitrogen and oxygen atoms in total. The maximum absolute atomic E-state index is 12.2. The SMILES string of the molecule is COC(=O)[C@H](Cc1cc(Oc2ccccc2)cnc1[N+](=O)[O-])NC(=O)OC(C)(C)C. The molecular formula is C20H23N3O7. The largest absolute Gasteiger partial charge is 0.467 e. The van der Waals surface area contributed by atoms with Gasteiger partial charge in [0.15, 0.2) is 11.9 Å². The van der Waals surface area contributed by atoms with E-state index in [2.05, 4.69) is 10.3 Å². The van der Waals surface area contributed by atoms with Gasteiger partial charge in [-0.25, -0.2) is 9.59 Å². The smallest absolute Gasteiger partial charge is 0.408 e. The molecule has 0 bridgehead atoms. The number of carbonyl (C=O) groups excluding carboxylic acids is 2. The van der Waals surface area contributed by atoms with Crippen molar-refractivity contribution in [3.8, 4) is 11.5 Å². The molecule has 0 unspecified atom stereocenters. The Morgan fingerprint density at radius 1 is 1.20 bits per heavy atom. The van der Waals surface area contributed by atoms with Crippen LogP contribution >= 0.6 is 0 Å². The molecule has 0 saturated carbocycles. The molecule has 0 radical (unpaired) electrons. The molecule has 0 saturated heterocycles. The second-order valence-corrected chi connectivity index (χ2v) is 7.25. The first kappa shape index (κ1) is 22.6. The van der Waals surface area contributed by atoms with Crippen molar-refractivity contribution >= 4 is 17.9 Å². The Morgan fingerprint density at radius 3 is 2.43 bits per heavy atom. The number of ether oxygens (including phenoxy) is 3. The van der Waals surface area contributed by atoms with Crippen molar-refractivity contribution in [2.24, 2.45) is 0 Å². The lowest BCUT2D eigenvalue weighted by atomic mass is 10.1. The van der Waals surface area contributed by atoms with Crippen molar-refractivity contribution in [2.75, 3.05) is 7.11 Å². The molecule has 2 rings (SSSR count). The highest BCUT2D eigenvalue weighted by Gasteiger charge is 2.29. The number of hydrogen-bond acceptors (Lipinski definition) is 8. The van der Waals surface area contributed by atoms with E-state index in [-0.39, 0.29) is 17.7 Å². The van der Waals surface area contributed by atoms with E-state index in [0.717, 1.165) is 7.11 Å². The summed E-state index contributed by atoms with van der Waals surface area (Å²) in [6.07, 6.45) is 0.106. The van der Waals surface area contributed by atoms with Crippen LogP contribution in [0.2, 0.25) is 0 Å². The van der Waals surface area contributed by atoms with Crippen molar-refractivity contribution in [1.82, 2.24) is 10.3 Å². The molecule has 1 N–H and O–H groups in total.